The van der Waals surface area contributed by atoms with Crippen LogP contribution in [0.3, 0.4) is 0 Å². The number of carbonyl (C=O) groups excluding carboxylic acids is 2. The van der Waals surface area contributed by atoms with E-state index in [0.29, 0.717) is 45.7 Å². The standard InChI is InChI=1S/C49H54N8O12S3/c50-72-36-10-3-31(4-11-36)54-45(62)28-57(29-46(63)64)18-17-56(27-44(61)53-30-1-8-35(70)9-2-30)26-43(60)51-15-19-67-21-22-68-20-16-52-49(71)55-32-5-12-37(40(23-32)48(65)66)47-38-13-6-33(58)24-41(38)69-42-25-34(59)7-14-39(42)47/h1-14,23-25,43,51,58,60,70H,15-22,26-29,50H2,(H,53,61)(H,54,62)(H,63,64)(H,65,66)(H2,52,55,71). The second-order valence-corrected chi connectivity index (χ2v) is 17.7. The van der Waals surface area contributed by atoms with Crippen LogP contribution in [0.25, 0.3) is 33.4 Å². The lowest BCUT2D eigenvalue weighted by atomic mass is 9.90. The quantitative estimate of drug-likeness (QED) is 0.00850. The molecule has 0 radical (unpaired) electrons. The van der Waals surface area contributed by atoms with Crippen LogP contribution in [0, 0.1) is 0 Å². The van der Waals surface area contributed by atoms with Crippen molar-refractivity contribution < 1.29 is 53.5 Å². The van der Waals surface area contributed by atoms with E-state index in [1.54, 1.807) is 77.7 Å². The number of ether oxygens (including phenoxy) is 2. The van der Waals surface area contributed by atoms with Crippen molar-refractivity contribution in [1.82, 2.24) is 20.4 Å². The van der Waals surface area contributed by atoms with Crippen LogP contribution in [0.15, 0.2) is 122 Å². The predicted molar refractivity (Wildman–Crippen MR) is 281 cm³/mol. The van der Waals surface area contributed by atoms with Crippen LogP contribution >= 0.6 is 36.8 Å². The van der Waals surface area contributed by atoms with E-state index < -0.39 is 30.6 Å². The molecule has 2 amide bonds. The summed E-state index contributed by atoms with van der Waals surface area (Å²) in [6.45, 7) is 0.941. The zero-order chi connectivity index (χ0) is 51.6. The van der Waals surface area contributed by atoms with Crippen LogP contribution in [-0.2, 0) is 23.9 Å². The largest absolute Gasteiger partial charge is 0.508 e. The van der Waals surface area contributed by atoms with Crippen LogP contribution in [0.5, 0.6) is 5.75 Å². The van der Waals surface area contributed by atoms with Crippen molar-refractivity contribution in [3.05, 3.63) is 119 Å². The highest BCUT2D eigenvalue weighted by molar-refractivity contribution is 7.97. The fraction of sp³-hybridized carbons (Fsp3) is 0.265. The minimum atomic E-state index is -1.20. The summed E-state index contributed by atoms with van der Waals surface area (Å²) < 4.78 is 17.2. The number of nitrogens with zero attached hydrogens (tertiary/aromatic N) is 2. The minimum Gasteiger partial charge on any atom is -0.508 e. The van der Waals surface area contributed by atoms with Gasteiger partial charge in [0, 0.05) is 88.2 Å². The Bertz CT molecular complexity index is 2860. The molecule has 4 aromatic rings. The molecule has 0 spiro atoms. The highest BCUT2D eigenvalue weighted by Gasteiger charge is 2.23. The number of phenolic OH excluding ortho intramolecular Hbond substituents is 1. The first kappa shape index (κ1) is 54.7. The first-order valence-corrected chi connectivity index (χ1v) is 24.1. The maximum absolute atomic E-state index is 13.1. The van der Waals surface area contributed by atoms with Crippen molar-refractivity contribution in [3.63, 3.8) is 0 Å². The lowest BCUT2D eigenvalue weighted by molar-refractivity contribution is -0.138. The third-order valence-corrected chi connectivity index (χ3v) is 11.8. The summed E-state index contributed by atoms with van der Waals surface area (Å²) in [5.74, 6) is -2.96. The van der Waals surface area contributed by atoms with Gasteiger partial charge in [0.2, 0.25) is 11.8 Å². The van der Waals surface area contributed by atoms with E-state index in [0.717, 1.165) is 21.7 Å². The zero-order valence-corrected chi connectivity index (χ0v) is 41.2. The van der Waals surface area contributed by atoms with E-state index in [2.05, 4.69) is 39.2 Å². The normalized spacial score (nSPS) is 11.7. The first-order chi connectivity index (χ1) is 34.6. The summed E-state index contributed by atoms with van der Waals surface area (Å²) in [6, 6.07) is 27.2. The molecule has 1 aliphatic heterocycles. The van der Waals surface area contributed by atoms with Gasteiger partial charge in [-0.25, -0.2) is 4.79 Å². The Balaban J connectivity index is 0.919. The molecule has 6 rings (SSSR count). The van der Waals surface area contributed by atoms with Gasteiger partial charge in [0.25, 0.3) is 0 Å². The monoisotopic (exact) mass is 1040 g/mol. The summed E-state index contributed by atoms with van der Waals surface area (Å²) >= 11 is 10.8. The van der Waals surface area contributed by atoms with Gasteiger partial charge in [0.15, 0.2) is 10.5 Å². The van der Waals surface area contributed by atoms with Gasteiger partial charge in [-0.2, -0.15) is 0 Å². The Labute approximate surface area is 428 Å². The number of carboxylic acids is 2. The number of aliphatic hydroxyl groups is 1. The van der Waals surface area contributed by atoms with E-state index >= 15 is 0 Å². The number of hydrogen-bond acceptors (Lipinski definition) is 17. The second kappa shape index (κ2) is 27.3. The molecular formula is C49H54N8O12S3. The topological polar surface area (TPSA) is 291 Å². The molecule has 380 valence electrons. The van der Waals surface area contributed by atoms with Gasteiger partial charge >= 0.3 is 11.9 Å². The molecule has 11 N–H and O–H groups in total. The summed E-state index contributed by atoms with van der Waals surface area (Å²) in [5.41, 5.74) is 2.83. The van der Waals surface area contributed by atoms with Crippen molar-refractivity contribution in [1.29, 1.82) is 0 Å². The Morgan fingerprint density at radius 1 is 0.736 bits per heavy atom. The number of aromatic hydroxyl groups is 1. The number of hydrogen-bond donors (Lipinski definition) is 11. The van der Waals surface area contributed by atoms with Crippen molar-refractivity contribution in [2.75, 3.05) is 94.7 Å². The van der Waals surface area contributed by atoms with Crippen molar-refractivity contribution in [2.24, 2.45) is 5.14 Å². The maximum atomic E-state index is 13.1. The van der Waals surface area contributed by atoms with Crippen LogP contribution in [-0.4, -0.2) is 144 Å². The molecular weight excluding hydrogens is 989 g/mol. The number of anilines is 3. The van der Waals surface area contributed by atoms with E-state index in [9.17, 15) is 44.4 Å². The highest BCUT2D eigenvalue weighted by atomic mass is 32.2. The summed E-state index contributed by atoms with van der Waals surface area (Å²) in [6.07, 6.45) is -1.10. The molecule has 1 aliphatic carbocycles. The molecule has 0 saturated carbocycles. The molecule has 4 aromatic carbocycles. The van der Waals surface area contributed by atoms with Gasteiger partial charge < -0.3 is 55.6 Å². The third-order valence-electron chi connectivity index (χ3n) is 10.7. The number of phenols is 1. The lowest BCUT2D eigenvalue weighted by Crippen LogP contribution is -2.48. The number of thiocarbonyl (C=S) groups is 1. The number of carbonyl (C=O) groups is 4. The number of aromatic carboxylic acids is 1. The number of benzene rings is 5. The number of fused-ring (bicyclic) bond motifs is 2. The average Bonchev–Trinajstić information content (AvgIpc) is 3.33. The Kier molecular flexibility index (Phi) is 20.7. The molecule has 1 atom stereocenters. The van der Waals surface area contributed by atoms with Gasteiger partial charge in [0.1, 0.15) is 23.3 Å². The molecule has 2 aliphatic rings. The van der Waals surface area contributed by atoms with E-state index in [1.165, 1.54) is 35.2 Å². The van der Waals surface area contributed by atoms with Crippen LogP contribution < -0.4 is 37.2 Å². The lowest BCUT2D eigenvalue weighted by Gasteiger charge is -2.28. The maximum Gasteiger partial charge on any atom is 0.336 e. The molecule has 23 heteroatoms. The molecule has 0 saturated heterocycles. The predicted octanol–water partition coefficient (Wildman–Crippen LogP) is 4.42. The van der Waals surface area contributed by atoms with E-state index in [-0.39, 0.29) is 105 Å². The van der Waals surface area contributed by atoms with Crippen molar-refractivity contribution >= 4 is 93.7 Å². The summed E-state index contributed by atoms with van der Waals surface area (Å²) in [5, 5.41) is 61.7. The van der Waals surface area contributed by atoms with Gasteiger partial charge in [-0.3, -0.25) is 39.4 Å². The van der Waals surface area contributed by atoms with E-state index in [1.807, 2.05) is 0 Å². The van der Waals surface area contributed by atoms with Crippen molar-refractivity contribution in [2.45, 2.75) is 16.0 Å². The van der Waals surface area contributed by atoms with Crippen LogP contribution in [0.1, 0.15) is 10.4 Å². The SMILES string of the molecule is NSc1ccc(NC(=O)CN(CCN(CC(=O)Nc2ccc(S)cc2)CC(O)NCCOCCOCCNC(=S)Nc2ccc(-c3c4ccc(=O)cc-4oc4cc(O)ccc34)c(C(=O)O)c2)CC(=O)O)cc1. The summed E-state index contributed by atoms with van der Waals surface area (Å²) in [7, 11) is 0. The molecule has 1 heterocycles. The fourth-order valence-corrected chi connectivity index (χ4v) is 8.06. The average molecular weight is 1040 g/mol. The van der Waals surface area contributed by atoms with Gasteiger partial charge in [-0.05, 0) is 115 Å². The third kappa shape index (κ3) is 17.0. The number of amides is 2. The molecule has 0 aromatic heterocycles. The Hall–Kier alpha value is -6.64. The summed E-state index contributed by atoms with van der Waals surface area (Å²) in [4.78, 5) is 67.1. The zero-order valence-electron chi connectivity index (χ0n) is 38.7. The smallest absolute Gasteiger partial charge is 0.336 e. The van der Waals surface area contributed by atoms with E-state index in [4.69, 9.17) is 31.2 Å². The van der Waals surface area contributed by atoms with Gasteiger partial charge in [-0.1, -0.05) is 6.07 Å². The number of aliphatic hydroxyl groups excluding tert-OH is 1. The molecule has 0 bridgehead atoms. The molecule has 1 unspecified atom stereocenters. The first-order valence-electron chi connectivity index (χ1n) is 22.3. The number of carboxylic acid groups (broad SMARTS) is 2. The fourth-order valence-electron chi connectivity index (χ4n) is 7.40. The molecule has 0 fully saturated rings. The second-order valence-electron chi connectivity index (χ2n) is 16.1. The van der Waals surface area contributed by atoms with Gasteiger partial charge in [0.05, 0.1) is 51.6 Å². The molecule has 72 heavy (non-hydrogen) atoms. The molecule has 20 nitrogen and oxygen atoms in total. The number of nitrogens with two attached hydrogens (primary N) is 1. The number of rotatable bonds is 27. The number of nitrogens with one attached hydrogen (secondary N) is 5. The van der Waals surface area contributed by atoms with Crippen LogP contribution in [0.2, 0.25) is 0 Å². The van der Waals surface area contributed by atoms with Crippen LogP contribution in [0.4, 0.5) is 17.1 Å². The Morgan fingerprint density at radius 2 is 1.36 bits per heavy atom. The number of aliphatic carboxylic acids is 1. The Morgan fingerprint density at radius 3 is 2.03 bits per heavy atom. The van der Waals surface area contributed by atoms with Crippen molar-refractivity contribution in [3.8, 4) is 28.2 Å². The van der Waals surface area contributed by atoms with Gasteiger partial charge in [-0.15, -0.1) is 12.6 Å². The number of thiol groups is 1. The highest BCUT2D eigenvalue weighted by Crippen LogP contribution is 2.42. The minimum absolute atomic E-state index is 0.0162.